The molecule has 0 spiro atoms. The minimum Gasteiger partial charge on any atom is -0.424 e. The fourth-order valence-corrected chi connectivity index (χ4v) is 3.73. The Kier molecular flexibility index (Phi) is 6.15. The van der Waals surface area contributed by atoms with Crippen molar-refractivity contribution in [1.29, 1.82) is 0 Å². The molecule has 1 aromatic heterocycles. The molecular weight excluding hydrogens is 356 g/mol. The Hall–Kier alpha value is -2.25. The van der Waals surface area contributed by atoms with E-state index < -0.39 is 5.60 Å². The van der Waals surface area contributed by atoms with E-state index in [9.17, 15) is 9.90 Å². The number of likely N-dealkylation sites (N-methyl/N-ethyl adjacent to an activating group) is 1. The molecule has 0 bridgehead atoms. The van der Waals surface area contributed by atoms with Crippen LogP contribution in [0.25, 0.3) is 0 Å². The van der Waals surface area contributed by atoms with Gasteiger partial charge in [0.15, 0.2) is 5.60 Å². The van der Waals surface area contributed by atoms with Crippen LogP contribution < -0.4 is 0 Å². The second-order valence-corrected chi connectivity index (χ2v) is 8.15. The van der Waals surface area contributed by atoms with Crippen molar-refractivity contribution in [1.82, 2.24) is 20.0 Å². The lowest BCUT2D eigenvalue weighted by Gasteiger charge is -2.40. The van der Waals surface area contributed by atoms with Crippen LogP contribution in [0.15, 0.2) is 28.7 Å². The third kappa shape index (κ3) is 4.77. The lowest BCUT2D eigenvalue weighted by molar-refractivity contribution is -0.160. The summed E-state index contributed by atoms with van der Waals surface area (Å²) >= 11 is 0. The predicted octanol–water partition coefficient (Wildman–Crippen LogP) is 2.49. The Morgan fingerprint density at radius 1 is 1.29 bits per heavy atom. The number of carbonyl (C=O) groups excluding carboxylic acids is 1. The van der Waals surface area contributed by atoms with Gasteiger partial charge in [0.05, 0.1) is 6.54 Å². The number of aliphatic hydroxyl groups is 1. The first kappa shape index (κ1) is 20.5. The fourth-order valence-electron chi connectivity index (χ4n) is 3.73. The lowest BCUT2D eigenvalue weighted by Crippen LogP contribution is -2.57. The molecule has 3 rings (SSSR count). The zero-order chi connectivity index (χ0) is 20.3. The minimum atomic E-state index is -1.39. The first-order valence-electron chi connectivity index (χ1n) is 9.85. The molecule has 7 nitrogen and oxygen atoms in total. The maximum absolute atomic E-state index is 13.0. The highest BCUT2D eigenvalue weighted by molar-refractivity contribution is 5.86. The number of likely N-dealkylation sites (tertiary alicyclic amines) is 1. The molecule has 7 heteroatoms. The molecule has 1 fully saturated rings. The third-order valence-electron chi connectivity index (χ3n) is 5.23. The highest BCUT2D eigenvalue weighted by Crippen LogP contribution is 2.26. The molecule has 152 valence electrons. The van der Waals surface area contributed by atoms with E-state index in [4.69, 9.17) is 4.42 Å². The number of hydrogen-bond acceptors (Lipinski definition) is 6. The molecule has 1 saturated heterocycles. The van der Waals surface area contributed by atoms with Gasteiger partial charge >= 0.3 is 0 Å². The smallest absolute Gasteiger partial charge is 0.256 e. The van der Waals surface area contributed by atoms with Gasteiger partial charge in [0.2, 0.25) is 11.8 Å². The van der Waals surface area contributed by atoms with Gasteiger partial charge in [-0.2, -0.15) is 0 Å². The molecule has 1 amide bonds. The molecule has 2 aromatic rings. The third-order valence-corrected chi connectivity index (χ3v) is 5.23. The molecule has 0 saturated carbocycles. The van der Waals surface area contributed by atoms with Crippen LogP contribution in [0.1, 0.15) is 55.5 Å². The van der Waals surface area contributed by atoms with Crippen LogP contribution in [0, 0.1) is 6.92 Å². The summed E-state index contributed by atoms with van der Waals surface area (Å²) < 4.78 is 5.39. The van der Waals surface area contributed by atoms with E-state index in [1.165, 1.54) is 5.56 Å². The topological polar surface area (TPSA) is 82.7 Å². The van der Waals surface area contributed by atoms with Crippen molar-refractivity contribution in [2.24, 2.45) is 0 Å². The monoisotopic (exact) mass is 386 g/mol. The van der Waals surface area contributed by atoms with Gasteiger partial charge in [-0.1, -0.05) is 38.1 Å². The zero-order valence-electron chi connectivity index (χ0n) is 17.2. The number of piperidine rings is 1. The Labute approximate surface area is 166 Å². The number of nitrogens with zero attached hydrogens (tertiary/aromatic N) is 4. The SMILES string of the molecule is Cc1nnc(CN(C)CC2(O)CCCN(Cc3ccc(C(C)C)cc3)C2=O)o1. The molecule has 28 heavy (non-hydrogen) atoms. The maximum Gasteiger partial charge on any atom is 0.256 e. The van der Waals surface area contributed by atoms with Gasteiger partial charge in [-0.3, -0.25) is 9.69 Å². The van der Waals surface area contributed by atoms with Crippen molar-refractivity contribution in [3.8, 4) is 0 Å². The van der Waals surface area contributed by atoms with Crippen LogP contribution in [0.2, 0.25) is 0 Å². The molecule has 0 radical (unpaired) electrons. The number of benzene rings is 1. The zero-order valence-corrected chi connectivity index (χ0v) is 17.2. The Balaban J connectivity index is 1.63. The van der Waals surface area contributed by atoms with Crippen LogP contribution in [-0.4, -0.2) is 56.7 Å². The highest BCUT2D eigenvalue weighted by atomic mass is 16.4. The van der Waals surface area contributed by atoms with E-state index in [-0.39, 0.29) is 12.5 Å². The van der Waals surface area contributed by atoms with Crippen molar-refractivity contribution >= 4 is 5.91 Å². The quantitative estimate of drug-likeness (QED) is 0.787. The van der Waals surface area contributed by atoms with E-state index >= 15 is 0 Å². The number of hydrogen-bond donors (Lipinski definition) is 1. The van der Waals surface area contributed by atoms with Gasteiger partial charge in [-0.05, 0) is 36.9 Å². The van der Waals surface area contributed by atoms with Crippen LogP contribution in [0.5, 0.6) is 0 Å². The van der Waals surface area contributed by atoms with Crippen molar-refractivity contribution in [3.05, 3.63) is 47.2 Å². The molecule has 1 unspecified atom stereocenters. The molecule has 1 aromatic carbocycles. The summed E-state index contributed by atoms with van der Waals surface area (Å²) in [6.07, 6.45) is 1.24. The van der Waals surface area contributed by atoms with Gasteiger partial charge in [0.1, 0.15) is 0 Å². The number of aromatic nitrogens is 2. The second-order valence-electron chi connectivity index (χ2n) is 8.15. The lowest BCUT2D eigenvalue weighted by atomic mass is 9.90. The van der Waals surface area contributed by atoms with Gasteiger partial charge < -0.3 is 14.4 Å². The first-order chi connectivity index (χ1) is 13.3. The largest absolute Gasteiger partial charge is 0.424 e. The average molecular weight is 386 g/mol. The van der Waals surface area contributed by atoms with Gasteiger partial charge in [0, 0.05) is 26.6 Å². The van der Waals surface area contributed by atoms with E-state index in [0.29, 0.717) is 43.8 Å². The highest BCUT2D eigenvalue weighted by Gasteiger charge is 2.42. The van der Waals surface area contributed by atoms with Crippen molar-refractivity contribution in [2.75, 3.05) is 20.1 Å². The summed E-state index contributed by atoms with van der Waals surface area (Å²) in [6, 6.07) is 8.36. The number of carbonyl (C=O) groups is 1. The molecule has 1 aliphatic rings. The Bertz CT molecular complexity index is 802. The van der Waals surface area contributed by atoms with Crippen LogP contribution >= 0.6 is 0 Å². The normalized spacial score (nSPS) is 20.4. The van der Waals surface area contributed by atoms with Crippen molar-refractivity contribution in [2.45, 2.75) is 58.2 Å². The standard InChI is InChI=1S/C21H30N4O3/c1-15(2)18-8-6-17(7-9-18)12-25-11-5-10-21(27,20(25)26)14-24(4)13-19-23-22-16(3)28-19/h6-9,15,27H,5,10-14H2,1-4H3. The predicted molar refractivity (Wildman–Crippen MR) is 106 cm³/mol. The summed E-state index contributed by atoms with van der Waals surface area (Å²) in [7, 11) is 1.84. The summed E-state index contributed by atoms with van der Waals surface area (Å²) in [5.74, 6) is 1.26. The second kappa shape index (κ2) is 8.41. The summed E-state index contributed by atoms with van der Waals surface area (Å²) in [6.45, 7) is 7.87. The Morgan fingerprint density at radius 3 is 2.61 bits per heavy atom. The molecule has 0 aliphatic carbocycles. The molecular formula is C21H30N4O3. The summed E-state index contributed by atoms with van der Waals surface area (Å²) in [5, 5.41) is 18.8. The molecule has 1 aliphatic heterocycles. The average Bonchev–Trinajstić information content (AvgIpc) is 3.04. The first-order valence-corrected chi connectivity index (χ1v) is 9.85. The molecule has 2 heterocycles. The molecule has 1 N–H and O–H groups in total. The van der Waals surface area contributed by atoms with Gasteiger partial charge in [-0.15, -0.1) is 10.2 Å². The van der Waals surface area contributed by atoms with Crippen molar-refractivity contribution < 1.29 is 14.3 Å². The Morgan fingerprint density at radius 2 is 2.00 bits per heavy atom. The maximum atomic E-state index is 13.0. The number of rotatable bonds is 7. The van der Waals surface area contributed by atoms with Gasteiger partial charge in [0.25, 0.3) is 5.91 Å². The van der Waals surface area contributed by atoms with Crippen LogP contribution in [-0.2, 0) is 17.9 Å². The fraction of sp³-hybridized carbons (Fsp3) is 0.571. The van der Waals surface area contributed by atoms with Crippen LogP contribution in [0.3, 0.4) is 0 Å². The number of amides is 1. The molecule has 1 atom stereocenters. The van der Waals surface area contributed by atoms with Gasteiger partial charge in [-0.25, -0.2) is 0 Å². The minimum absolute atomic E-state index is 0.208. The van der Waals surface area contributed by atoms with Crippen LogP contribution in [0.4, 0.5) is 0 Å². The van der Waals surface area contributed by atoms with Crippen molar-refractivity contribution in [3.63, 3.8) is 0 Å². The van der Waals surface area contributed by atoms with E-state index in [1.807, 2.05) is 11.9 Å². The van der Waals surface area contributed by atoms with E-state index in [1.54, 1.807) is 11.8 Å². The van der Waals surface area contributed by atoms with E-state index in [0.717, 1.165) is 12.0 Å². The van der Waals surface area contributed by atoms with E-state index in [2.05, 4.69) is 48.3 Å². The number of aryl methyl sites for hydroxylation is 1. The summed E-state index contributed by atoms with van der Waals surface area (Å²) in [5.41, 5.74) is 0.972. The summed E-state index contributed by atoms with van der Waals surface area (Å²) in [4.78, 5) is 16.6.